The molecule has 2 aliphatic rings. The molecule has 1 N–H and O–H groups in total. The van der Waals surface area contributed by atoms with Crippen molar-refractivity contribution >= 4 is 0 Å². The predicted octanol–water partition coefficient (Wildman–Crippen LogP) is 4.21. The van der Waals surface area contributed by atoms with Crippen molar-refractivity contribution in [1.82, 2.24) is 19.4 Å². The van der Waals surface area contributed by atoms with Crippen molar-refractivity contribution in [3.8, 4) is 17.2 Å². The molecule has 2 fully saturated rings. The molecular weight excluding hydrogens is 400 g/mol. The Morgan fingerprint density at radius 3 is 2.28 bits per heavy atom. The van der Waals surface area contributed by atoms with E-state index in [1.54, 1.807) is 4.57 Å². The number of ether oxygens (including phenoxy) is 1. The average Bonchev–Trinajstić information content (AvgIpc) is 3.04. The number of rotatable bonds is 5. The van der Waals surface area contributed by atoms with Crippen LogP contribution in [-0.2, 0) is 0 Å². The van der Waals surface area contributed by atoms with Crippen LogP contribution in [-0.4, -0.2) is 46.3 Å². The molecule has 1 saturated carbocycles. The van der Waals surface area contributed by atoms with Crippen molar-refractivity contribution in [2.75, 3.05) is 26.2 Å². The first-order chi connectivity index (χ1) is 15.8. The molecule has 1 saturated heterocycles. The maximum Gasteiger partial charge on any atom is 0.332 e. The number of nitrogens with one attached hydrogen (secondary N) is 1. The molecule has 0 bridgehead atoms. The number of imidazole rings is 1. The van der Waals surface area contributed by atoms with Gasteiger partial charge in [-0.2, -0.15) is 0 Å². The van der Waals surface area contributed by atoms with E-state index in [9.17, 15) is 4.79 Å². The van der Waals surface area contributed by atoms with E-state index in [4.69, 9.17) is 4.74 Å². The van der Waals surface area contributed by atoms with Crippen LogP contribution in [0.15, 0.2) is 71.8 Å². The predicted molar refractivity (Wildman–Crippen MR) is 127 cm³/mol. The smallest absolute Gasteiger partial charge is 0.332 e. The standard InChI is InChI=1S/C26H32N4O2/c31-26-29(22-9-7-21(8-10-22)28-17-4-15-27-16-18-28)19-20-30(26)23-11-13-25(14-12-23)32-24-5-2-1-3-6-24/h1-3,5-6,11-14,19-22,27H,4,7-10,15-18H2. The van der Waals surface area contributed by atoms with Gasteiger partial charge in [0.1, 0.15) is 11.5 Å². The summed E-state index contributed by atoms with van der Waals surface area (Å²) in [6, 6.07) is 18.4. The van der Waals surface area contributed by atoms with E-state index in [1.807, 2.05) is 71.6 Å². The van der Waals surface area contributed by atoms with Crippen LogP contribution < -0.4 is 15.7 Å². The second kappa shape index (κ2) is 9.76. The summed E-state index contributed by atoms with van der Waals surface area (Å²) in [6.45, 7) is 4.57. The Bertz CT molecular complexity index is 1040. The molecule has 6 nitrogen and oxygen atoms in total. The highest BCUT2D eigenvalue weighted by Gasteiger charge is 2.28. The quantitative estimate of drug-likeness (QED) is 0.656. The molecule has 1 aromatic heterocycles. The first kappa shape index (κ1) is 21.0. The van der Waals surface area contributed by atoms with E-state index >= 15 is 0 Å². The topological polar surface area (TPSA) is 51.4 Å². The molecule has 0 atom stereocenters. The highest BCUT2D eigenvalue weighted by molar-refractivity contribution is 5.39. The van der Waals surface area contributed by atoms with E-state index in [2.05, 4.69) is 10.2 Å². The van der Waals surface area contributed by atoms with Crippen LogP contribution in [0.25, 0.3) is 5.69 Å². The lowest BCUT2D eigenvalue weighted by atomic mass is 9.90. The normalized spacial score (nSPS) is 22.4. The number of hydrogen-bond acceptors (Lipinski definition) is 4. The third-order valence-electron chi connectivity index (χ3n) is 6.85. The van der Waals surface area contributed by atoms with Gasteiger partial charge in [0, 0.05) is 37.6 Å². The second-order valence-corrected chi connectivity index (χ2v) is 8.87. The minimum absolute atomic E-state index is 0.0455. The Balaban J connectivity index is 1.23. The maximum absolute atomic E-state index is 13.1. The monoisotopic (exact) mass is 432 g/mol. The molecule has 1 aliphatic carbocycles. The summed E-state index contributed by atoms with van der Waals surface area (Å²) in [5.74, 6) is 1.56. The molecule has 168 valence electrons. The summed E-state index contributed by atoms with van der Waals surface area (Å²) < 4.78 is 9.54. The third-order valence-corrected chi connectivity index (χ3v) is 6.85. The van der Waals surface area contributed by atoms with E-state index in [0.29, 0.717) is 12.1 Å². The summed E-state index contributed by atoms with van der Waals surface area (Å²) in [7, 11) is 0. The van der Waals surface area contributed by atoms with Gasteiger partial charge in [-0.05, 0) is 81.6 Å². The van der Waals surface area contributed by atoms with E-state index in [0.717, 1.165) is 49.7 Å². The molecular formula is C26H32N4O2. The molecule has 3 aromatic rings. The summed E-state index contributed by atoms with van der Waals surface area (Å²) in [5.41, 5.74) is 0.907. The van der Waals surface area contributed by atoms with Crippen molar-refractivity contribution < 1.29 is 4.74 Å². The van der Waals surface area contributed by atoms with Gasteiger partial charge in [0.25, 0.3) is 0 Å². The van der Waals surface area contributed by atoms with E-state index in [-0.39, 0.29) is 5.69 Å². The zero-order chi connectivity index (χ0) is 21.8. The van der Waals surface area contributed by atoms with Crippen LogP contribution in [0.3, 0.4) is 0 Å². The fourth-order valence-corrected chi connectivity index (χ4v) is 5.10. The number of hydrogen-bond donors (Lipinski definition) is 1. The summed E-state index contributed by atoms with van der Waals surface area (Å²) in [4.78, 5) is 15.8. The number of benzene rings is 2. The average molecular weight is 433 g/mol. The molecule has 32 heavy (non-hydrogen) atoms. The SMILES string of the molecule is O=c1n(-c2ccc(Oc3ccccc3)cc2)ccn1C1CCC(N2CCCNCC2)CC1. The highest BCUT2D eigenvalue weighted by Crippen LogP contribution is 2.31. The minimum atomic E-state index is 0.0455. The van der Waals surface area contributed by atoms with Crippen molar-refractivity contribution in [2.24, 2.45) is 0 Å². The fraction of sp³-hybridized carbons (Fsp3) is 0.423. The zero-order valence-electron chi connectivity index (χ0n) is 18.5. The third kappa shape index (κ3) is 4.66. The van der Waals surface area contributed by atoms with Gasteiger partial charge in [0.2, 0.25) is 0 Å². The molecule has 2 aromatic carbocycles. The lowest BCUT2D eigenvalue weighted by Crippen LogP contribution is -2.41. The summed E-state index contributed by atoms with van der Waals surface area (Å²) in [6.07, 6.45) is 9.57. The van der Waals surface area contributed by atoms with Gasteiger partial charge in [-0.3, -0.25) is 14.0 Å². The Hall–Kier alpha value is -2.83. The van der Waals surface area contributed by atoms with Crippen LogP contribution >= 0.6 is 0 Å². The lowest BCUT2D eigenvalue weighted by Gasteiger charge is -2.36. The van der Waals surface area contributed by atoms with Crippen LogP contribution in [0.2, 0.25) is 0 Å². The molecule has 5 rings (SSSR count). The van der Waals surface area contributed by atoms with Gasteiger partial charge in [-0.1, -0.05) is 18.2 Å². The van der Waals surface area contributed by atoms with Crippen molar-refractivity contribution in [3.05, 3.63) is 77.5 Å². The largest absolute Gasteiger partial charge is 0.457 e. The van der Waals surface area contributed by atoms with Crippen molar-refractivity contribution in [2.45, 2.75) is 44.2 Å². The first-order valence-corrected chi connectivity index (χ1v) is 11.9. The molecule has 2 heterocycles. The van der Waals surface area contributed by atoms with Gasteiger partial charge >= 0.3 is 5.69 Å². The number of aromatic nitrogens is 2. The zero-order valence-corrected chi connectivity index (χ0v) is 18.5. The Morgan fingerprint density at radius 2 is 1.50 bits per heavy atom. The van der Waals surface area contributed by atoms with Crippen LogP contribution in [0, 0.1) is 0 Å². The van der Waals surface area contributed by atoms with Crippen molar-refractivity contribution in [3.63, 3.8) is 0 Å². The fourth-order valence-electron chi connectivity index (χ4n) is 5.10. The molecule has 6 heteroatoms. The Kier molecular flexibility index (Phi) is 6.41. The molecule has 0 amide bonds. The molecule has 0 spiro atoms. The van der Waals surface area contributed by atoms with Crippen LogP contribution in [0.4, 0.5) is 0 Å². The van der Waals surface area contributed by atoms with Gasteiger partial charge in [-0.25, -0.2) is 4.79 Å². The second-order valence-electron chi connectivity index (χ2n) is 8.87. The number of nitrogens with zero attached hydrogens (tertiary/aromatic N) is 3. The maximum atomic E-state index is 13.1. The number of para-hydroxylation sites is 1. The van der Waals surface area contributed by atoms with E-state index < -0.39 is 0 Å². The first-order valence-electron chi connectivity index (χ1n) is 11.9. The van der Waals surface area contributed by atoms with Gasteiger partial charge in [-0.15, -0.1) is 0 Å². The van der Waals surface area contributed by atoms with Gasteiger partial charge < -0.3 is 10.1 Å². The van der Waals surface area contributed by atoms with Crippen LogP contribution in [0.5, 0.6) is 11.5 Å². The summed E-state index contributed by atoms with van der Waals surface area (Å²) in [5, 5.41) is 3.49. The van der Waals surface area contributed by atoms with Gasteiger partial charge in [0.15, 0.2) is 0 Å². The van der Waals surface area contributed by atoms with Crippen molar-refractivity contribution in [1.29, 1.82) is 0 Å². The Morgan fingerprint density at radius 1 is 0.781 bits per heavy atom. The molecule has 1 aliphatic heterocycles. The molecule has 0 unspecified atom stereocenters. The van der Waals surface area contributed by atoms with Gasteiger partial charge in [0.05, 0.1) is 5.69 Å². The summed E-state index contributed by atoms with van der Waals surface area (Å²) >= 11 is 0. The van der Waals surface area contributed by atoms with Crippen LogP contribution in [0.1, 0.15) is 38.1 Å². The molecule has 0 radical (unpaired) electrons. The minimum Gasteiger partial charge on any atom is -0.457 e. The lowest BCUT2D eigenvalue weighted by molar-refractivity contribution is 0.144. The Labute approximate surface area is 189 Å². The highest BCUT2D eigenvalue weighted by atomic mass is 16.5. The van der Waals surface area contributed by atoms with E-state index in [1.165, 1.54) is 25.8 Å².